The van der Waals surface area contributed by atoms with E-state index in [1.807, 2.05) is 0 Å². The van der Waals surface area contributed by atoms with Gasteiger partial charge in [0.25, 0.3) is 5.79 Å². The number of esters is 2. The largest absolute Gasteiger partial charge is 0.419 e. The minimum absolute atomic E-state index is 0.212. The molecule has 0 aliphatic carbocycles. The molecule has 1 aliphatic heterocycles. The molecule has 26 heavy (non-hydrogen) atoms. The zero-order chi connectivity index (χ0) is 19.9. The van der Waals surface area contributed by atoms with E-state index in [9.17, 15) is 35.9 Å². The second kappa shape index (κ2) is 6.22. The van der Waals surface area contributed by atoms with Crippen LogP contribution < -0.4 is 5.32 Å². The second-order valence-electron chi connectivity index (χ2n) is 5.64. The van der Waals surface area contributed by atoms with Crippen LogP contribution in [-0.2, 0) is 31.4 Å². The molecule has 0 aromatic heterocycles. The number of carbonyl (C=O) groups is 2. The molecule has 1 fully saturated rings. The van der Waals surface area contributed by atoms with Crippen LogP contribution in [0, 0.1) is 0 Å². The monoisotopic (exact) mass is 383 g/mol. The van der Waals surface area contributed by atoms with Gasteiger partial charge in [-0.25, -0.2) is 9.59 Å². The Hall–Kier alpha value is -2.72. The lowest BCUT2D eigenvalue weighted by Gasteiger charge is -2.29. The fourth-order valence-corrected chi connectivity index (χ4v) is 2.05. The summed E-state index contributed by atoms with van der Waals surface area (Å²) < 4.78 is 86.3. The summed E-state index contributed by atoms with van der Waals surface area (Å²) in [6.07, 6.45) is -9.77. The average Bonchev–Trinajstić information content (AvgIpc) is 2.42. The molecule has 1 N–H and O–H groups in total. The van der Waals surface area contributed by atoms with Crippen molar-refractivity contribution in [3.05, 3.63) is 41.1 Å². The van der Waals surface area contributed by atoms with E-state index in [-0.39, 0.29) is 12.1 Å². The van der Waals surface area contributed by atoms with E-state index in [1.54, 1.807) is 0 Å². The Morgan fingerprint density at radius 1 is 0.923 bits per heavy atom. The highest BCUT2D eigenvalue weighted by Gasteiger charge is 2.43. The summed E-state index contributed by atoms with van der Waals surface area (Å²) in [6, 6.07) is 1.17. The highest BCUT2D eigenvalue weighted by atomic mass is 19.4. The van der Waals surface area contributed by atoms with Crippen LogP contribution in [0.3, 0.4) is 0 Å². The number of carbonyl (C=O) groups excluding carboxylic acids is 2. The van der Waals surface area contributed by atoms with E-state index in [0.717, 1.165) is 6.07 Å². The van der Waals surface area contributed by atoms with Crippen LogP contribution in [0.5, 0.6) is 0 Å². The van der Waals surface area contributed by atoms with Gasteiger partial charge in [0.15, 0.2) is 5.57 Å². The van der Waals surface area contributed by atoms with E-state index in [0.29, 0.717) is 6.20 Å². The molecule has 1 aliphatic rings. The zero-order valence-electron chi connectivity index (χ0n) is 13.2. The fraction of sp³-hybridized carbons (Fsp3) is 0.333. The predicted molar refractivity (Wildman–Crippen MR) is 74.4 cm³/mol. The van der Waals surface area contributed by atoms with E-state index in [1.165, 1.54) is 13.8 Å². The third-order valence-electron chi connectivity index (χ3n) is 3.13. The highest BCUT2D eigenvalue weighted by molar-refractivity contribution is 6.15. The number of nitrogens with one attached hydrogen (secondary N) is 1. The lowest BCUT2D eigenvalue weighted by molar-refractivity contribution is -0.222. The van der Waals surface area contributed by atoms with Crippen molar-refractivity contribution in [3.63, 3.8) is 0 Å². The van der Waals surface area contributed by atoms with Crippen molar-refractivity contribution in [2.45, 2.75) is 32.0 Å². The van der Waals surface area contributed by atoms with Gasteiger partial charge in [-0.3, -0.25) is 0 Å². The Bertz CT molecular complexity index is 757. The molecule has 1 aromatic carbocycles. The maximum atomic E-state index is 12.9. The number of cyclic esters (lactones) is 2. The third kappa shape index (κ3) is 4.27. The number of hydrogen-bond acceptors (Lipinski definition) is 5. The number of alkyl halides is 6. The van der Waals surface area contributed by atoms with Gasteiger partial charge in [0, 0.05) is 25.7 Å². The summed E-state index contributed by atoms with van der Waals surface area (Å²) in [5.74, 6) is -3.70. The lowest BCUT2D eigenvalue weighted by Crippen LogP contribution is -2.42. The maximum Gasteiger partial charge on any atom is 0.417 e. The van der Waals surface area contributed by atoms with Crippen LogP contribution in [0.15, 0.2) is 30.0 Å². The average molecular weight is 383 g/mol. The van der Waals surface area contributed by atoms with Gasteiger partial charge in [-0.15, -0.1) is 0 Å². The van der Waals surface area contributed by atoms with Crippen molar-refractivity contribution in [2.24, 2.45) is 0 Å². The number of rotatable bonds is 2. The van der Waals surface area contributed by atoms with Gasteiger partial charge >= 0.3 is 24.3 Å². The second-order valence-corrected chi connectivity index (χ2v) is 5.64. The Balaban J connectivity index is 2.34. The van der Waals surface area contributed by atoms with Gasteiger partial charge in [0.1, 0.15) is 0 Å². The Kier molecular flexibility index (Phi) is 4.69. The molecule has 1 heterocycles. The van der Waals surface area contributed by atoms with E-state index < -0.39 is 52.5 Å². The molecular weight excluding hydrogens is 372 g/mol. The standard InChI is InChI=1S/C15H11F6NO4/c1-13(2)25-11(23)8(12(24)26-13)6-22-7-3-4-9(14(16,17)18)10(5-7)15(19,20)21/h3-6,22H,1-2H3. The number of halogens is 6. The number of anilines is 1. The molecule has 5 nitrogen and oxygen atoms in total. The van der Waals surface area contributed by atoms with Gasteiger partial charge in [-0.05, 0) is 18.2 Å². The first-order valence-corrected chi connectivity index (χ1v) is 6.92. The number of ether oxygens (including phenoxy) is 2. The summed E-state index contributed by atoms with van der Waals surface area (Å²) in [6.45, 7) is 2.58. The van der Waals surface area contributed by atoms with Gasteiger partial charge < -0.3 is 14.8 Å². The molecule has 2 rings (SSSR count). The van der Waals surface area contributed by atoms with Gasteiger partial charge in [-0.2, -0.15) is 26.3 Å². The smallest absolute Gasteiger partial charge is 0.417 e. The lowest BCUT2D eigenvalue weighted by atomic mass is 10.1. The fourth-order valence-electron chi connectivity index (χ4n) is 2.05. The summed E-state index contributed by atoms with van der Waals surface area (Å²) >= 11 is 0. The number of benzene rings is 1. The molecule has 0 spiro atoms. The van der Waals surface area contributed by atoms with Crippen LogP contribution in [-0.4, -0.2) is 17.7 Å². The summed E-state index contributed by atoms with van der Waals surface area (Å²) in [4.78, 5) is 23.4. The van der Waals surface area contributed by atoms with Gasteiger partial charge in [0.2, 0.25) is 0 Å². The highest BCUT2D eigenvalue weighted by Crippen LogP contribution is 2.41. The molecule has 0 amide bonds. The normalized spacial score (nSPS) is 17.5. The molecule has 0 saturated carbocycles. The molecule has 142 valence electrons. The quantitative estimate of drug-likeness (QED) is 0.364. The molecular formula is C15H11F6NO4. The minimum atomic E-state index is -5.26. The van der Waals surface area contributed by atoms with Crippen LogP contribution in [0.4, 0.5) is 32.0 Å². The Morgan fingerprint density at radius 2 is 1.42 bits per heavy atom. The van der Waals surface area contributed by atoms with Crippen molar-refractivity contribution in [2.75, 3.05) is 5.32 Å². The number of hydrogen-bond donors (Lipinski definition) is 1. The molecule has 11 heteroatoms. The van der Waals surface area contributed by atoms with Crippen LogP contribution in [0.1, 0.15) is 25.0 Å². The summed E-state index contributed by atoms with van der Waals surface area (Å²) in [5, 5.41) is 2.16. The van der Waals surface area contributed by atoms with Crippen LogP contribution >= 0.6 is 0 Å². The molecule has 1 saturated heterocycles. The van der Waals surface area contributed by atoms with Crippen molar-refractivity contribution in [3.8, 4) is 0 Å². The Morgan fingerprint density at radius 3 is 1.88 bits per heavy atom. The summed E-state index contributed by atoms with van der Waals surface area (Å²) in [5.41, 5.74) is -4.86. The van der Waals surface area contributed by atoms with E-state index in [4.69, 9.17) is 9.47 Å². The van der Waals surface area contributed by atoms with Gasteiger partial charge in [-0.1, -0.05) is 0 Å². The zero-order valence-corrected chi connectivity index (χ0v) is 13.2. The first kappa shape index (κ1) is 19.6. The van der Waals surface area contributed by atoms with Crippen LogP contribution in [0.2, 0.25) is 0 Å². The third-order valence-corrected chi connectivity index (χ3v) is 3.13. The van der Waals surface area contributed by atoms with Crippen molar-refractivity contribution in [1.29, 1.82) is 0 Å². The molecule has 1 aromatic rings. The minimum Gasteiger partial charge on any atom is -0.419 e. The van der Waals surface area contributed by atoms with Gasteiger partial charge in [0.05, 0.1) is 11.1 Å². The van der Waals surface area contributed by atoms with E-state index in [2.05, 4.69) is 5.32 Å². The molecule has 0 unspecified atom stereocenters. The molecule has 0 atom stereocenters. The molecule has 0 radical (unpaired) electrons. The Labute approximate surface area is 142 Å². The van der Waals surface area contributed by atoms with E-state index >= 15 is 0 Å². The van der Waals surface area contributed by atoms with Crippen molar-refractivity contribution in [1.82, 2.24) is 0 Å². The maximum absolute atomic E-state index is 12.9. The summed E-state index contributed by atoms with van der Waals surface area (Å²) in [7, 11) is 0. The predicted octanol–water partition coefficient (Wildman–Crippen LogP) is 3.86. The first-order chi connectivity index (χ1) is 11.7. The van der Waals surface area contributed by atoms with Crippen LogP contribution in [0.25, 0.3) is 0 Å². The van der Waals surface area contributed by atoms with Crippen molar-refractivity contribution >= 4 is 17.6 Å². The molecule has 0 bridgehead atoms. The van der Waals surface area contributed by atoms with Crippen molar-refractivity contribution < 1.29 is 45.4 Å². The first-order valence-electron chi connectivity index (χ1n) is 6.92. The SMILES string of the molecule is CC1(C)OC(=O)C(=CNc2ccc(C(F)(F)F)c(C(F)(F)F)c2)C(=O)O1. The topological polar surface area (TPSA) is 64.6 Å².